The smallest absolute Gasteiger partial charge is 0.0421 e. The van der Waals surface area contributed by atoms with Gasteiger partial charge >= 0.3 is 0 Å². The third-order valence-electron chi connectivity index (χ3n) is 3.28. The molecule has 0 aliphatic carbocycles. The highest BCUT2D eigenvalue weighted by Gasteiger charge is 2.18. The van der Waals surface area contributed by atoms with Crippen molar-refractivity contribution in [2.24, 2.45) is 5.92 Å². The van der Waals surface area contributed by atoms with Crippen LogP contribution in [0, 0.1) is 5.92 Å². The van der Waals surface area contributed by atoms with Crippen LogP contribution in [0.15, 0.2) is 18.2 Å². The Balaban J connectivity index is 3.22. The van der Waals surface area contributed by atoms with Gasteiger partial charge < -0.3 is 0 Å². The summed E-state index contributed by atoms with van der Waals surface area (Å²) in [5, 5.41) is 0. The summed E-state index contributed by atoms with van der Waals surface area (Å²) in [4.78, 5) is 0.459. The van der Waals surface area contributed by atoms with Crippen LogP contribution in [0.25, 0.3) is 0 Å². The summed E-state index contributed by atoms with van der Waals surface area (Å²) in [5.74, 6) is 1.81. The van der Waals surface area contributed by atoms with Crippen molar-refractivity contribution in [1.29, 1.82) is 0 Å². The van der Waals surface area contributed by atoms with Crippen LogP contribution in [0.4, 0.5) is 0 Å². The van der Waals surface area contributed by atoms with Gasteiger partial charge in [0.15, 0.2) is 0 Å². The van der Waals surface area contributed by atoms with Gasteiger partial charge in [-0.05, 0) is 34.4 Å². The molecule has 0 aromatic heterocycles. The van der Waals surface area contributed by atoms with Crippen LogP contribution in [-0.2, 0) is 0 Å². The molecule has 0 heterocycles. The van der Waals surface area contributed by atoms with E-state index >= 15 is 0 Å². The summed E-state index contributed by atoms with van der Waals surface area (Å²) in [7, 11) is 0. The van der Waals surface area contributed by atoms with Gasteiger partial charge in [-0.1, -0.05) is 75.7 Å². The fraction of sp³-hybridized carbons (Fsp3) is 0.625. The fourth-order valence-electron chi connectivity index (χ4n) is 2.06. The Morgan fingerprint density at radius 3 is 1.82 bits per heavy atom. The van der Waals surface area contributed by atoms with Gasteiger partial charge in [-0.15, -0.1) is 0 Å². The van der Waals surface area contributed by atoms with E-state index in [2.05, 4.69) is 75.7 Å². The first-order valence-electron chi connectivity index (χ1n) is 6.62. The number of rotatable bonds is 4. The normalized spacial score (nSPS) is 13.8. The molecule has 0 radical (unpaired) electrons. The van der Waals surface area contributed by atoms with Crippen molar-refractivity contribution in [3.63, 3.8) is 0 Å². The predicted octanol–water partition coefficient (Wildman–Crippen LogP) is 6.03. The molecule has 0 nitrogen and oxygen atoms in total. The number of benzene rings is 1. The molecule has 0 aliphatic rings. The standard InChI is InChI=1S/C16H25Br/c1-10(2)13-7-8-14(16(17)12(5)6)15(9-13)11(3)4/h7-12,16H,1-6H3. The molecule has 1 aromatic rings. The third kappa shape index (κ3) is 3.58. The third-order valence-corrected chi connectivity index (χ3v) is 4.83. The minimum atomic E-state index is 0.459. The van der Waals surface area contributed by atoms with E-state index in [1.54, 1.807) is 0 Å². The molecule has 1 unspecified atom stereocenters. The summed E-state index contributed by atoms with van der Waals surface area (Å²) in [5.41, 5.74) is 4.40. The molecule has 1 atom stereocenters. The van der Waals surface area contributed by atoms with Crippen molar-refractivity contribution < 1.29 is 0 Å². The quantitative estimate of drug-likeness (QED) is 0.596. The highest BCUT2D eigenvalue weighted by atomic mass is 79.9. The Morgan fingerprint density at radius 1 is 0.824 bits per heavy atom. The van der Waals surface area contributed by atoms with Gasteiger partial charge in [-0.25, -0.2) is 0 Å². The van der Waals surface area contributed by atoms with E-state index in [4.69, 9.17) is 0 Å². The van der Waals surface area contributed by atoms with Crippen molar-refractivity contribution in [1.82, 2.24) is 0 Å². The maximum absolute atomic E-state index is 3.83. The van der Waals surface area contributed by atoms with Crippen molar-refractivity contribution in [2.75, 3.05) is 0 Å². The van der Waals surface area contributed by atoms with Crippen LogP contribution < -0.4 is 0 Å². The van der Waals surface area contributed by atoms with Crippen LogP contribution in [0.3, 0.4) is 0 Å². The first-order chi connectivity index (χ1) is 7.84. The Kier molecular flexibility index (Phi) is 5.24. The van der Waals surface area contributed by atoms with Crippen molar-refractivity contribution in [3.8, 4) is 0 Å². The molecule has 0 aliphatic heterocycles. The number of hydrogen-bond donors (Lipinski definition) is 0. The summed E-state index contributed by atoms with van der Waals surface area (Å²) < 4.78 is 0. The monoisotopic (exact) mass is 296 g/mol. The molecule has 17 heavy (non-hydrogen) atoms. The number of hydrogen-bond acceptors (Lipinski definition) is 0. The number of halogens is 1. The van der Waals surface area contributed by atoms with Crippen LogP contribution in [-0.4, -0.2) is 0 Å². The minimum absolute atomic E-state index is 0.459. The molecule has 0 bridgehead atoms. The van der Waals surface area contributed by atoms with Gasteiger partial charge in [0.2, 0.25) is 0 Å². The van der Waals surface area contributed by atoms with Gasteiger partial charge in [-0.2, -0.15) is 0 Å². The molecule has 1 rings (SSSR count). The molecule has 96 valence electrons. The van der Waals surface area contributed by atoms with E-state index in [0.29, 0.717) is 22.6 Å². The van der Waals surface area contributed by atoms with Gasteiger partial charge in [0.25, 0.3) is 0 Å². The van der Waals surface area contributed by atoms with E-state index in [9.17, 15) is 0 Å². The Morgan fingerprint density at radius 2 is 1.41 bits per heavy atom. The predicted molar refractivity (Wildman–Crippen MR) is 81.1 cm³/mol. The first-order valence-corrected chi connectivity index (χ1v) is 7.54. The first kappa shape index (κ1) is 14.8. The molecular weight excluding hydrogens is 272 g/mol. The number of alkyl halides is 1. The van der Waals surface area contributed by atoms with Crippen molar-refractivity contribution in [3.05, 3.63) is 34.9 Å². The molecule has 1 heteroatoms. The lowest BCUT2D eigenvalue weighted by atomic mass is 9.88. The Labute approximate surface area is 115 Å². The maximum atomic E-state index is 3.83. The molecule has 1 aromatic carbocycles. The molecule has 0 fully saturated rings. The lowest BCUT2D eigenvalue weighted by Gasteiger charge is -2.22. The van der Waals surface area contributed by atoms with Crippen LogP contribution >= 0.6 is 15.9 Å². The Bertz CT molecular complexity index is 364. The second-order valence-electron chi connectivity index (χ2n) is 5.84. The lowest BCUT2D eigenvalue weighted by molar-refractivity contribution is 0.631. The van der Waals surface area contributed by atoms with Gasteiger partial charge in [0, 0.05) is 4.83 Å². The zero-order valence-corrected chi connectivity index (χ0v) is 13.5. The van der Waals surface area contributed by atoms with Gasteiger partial charge in [0.05, 0.1) is 0 Å². The summed E-state index contributed by atoms with van der Waals surface area (Å²) in [6, 6.07) is 6.98. The highest BCUT2D eigenvalue weighted by Crippen LogP contribution is 2.36. The Hall–Kier alpha value is -0.300. The molecular formula is C16H25Br. The fourth-order valence-corrected chi connectivity index (χ4v) is 2.48. The zero-order chi connectivity index (χ0) is 13.2. The zero-order valence-electron chi connectivity index (χ0n) is 11.9. The second kappa shape index (κ2) is 6.04. The van der Waals surface area contributed by atoms with Crippen LogP contribution in [0.2, 0.25) is 0 Å². The molecule has 0 saturated carbocycles. The summed E-state index contributed by atoms with van der Waals surface area (Å²) in [6.07, 6.45) is 0. The van der Waals surface area contributed by atoms with E-state index in [-0.39, 0.29) is 0 Å². The van der Waals surface area contributed by atoms with Crippen molar-refractivity contribution >= 4 is 15.9 Å². The van der Waals surface area contributed by atoms with Gasteiger partial charge in [0.1, 0.15) is 0 Å². The van der Waals surface area contributed by atoms with E-state index in [0.717, 1.165) is 0 Å². The van der Waals surface area contributed by atoms with E-state index < -0.39 is 0 Å². The molecule has 0 spiro atoms. The summed E-state index contributed by atoms with van der Waals surface area (Å²) >= 11 is 3.83. The van der Waals surface area contributed by atoms with E-state index in [1.165, 1.54) is 16.7 Å². The topological polar surface area (TPSA) is 0 Å². The average Bonchev–Trinajstić information content (AvgIpc) is 2.26. The average molecular weight is 297 g/mol. The highest BCUT2D eigenvalue weighted by molar-refractivity contribution is 9.09. The largest absolute Gasteiger partial charge is 0.0836 e. The lowest BCUT2D eigenvalue weighted by Crippen LogP contribution is -2.05. The van der Waals surface area contributed by atoms with Crippen molar-refractivity contribution in [2.45, 2.75) is 58.2 Å². The van der Waals surface area contributed by atoms with Gasteiger partial charge in [-0.3, -0.25) is 0 Å². The maximum Gasteiger partial charge on any atom is 0.0421 e. The molecule has 0 N–H and O–H groups in total. The van der Waals surface area contributed by atoms with Crippen LogP contribution in [0.1, 0.15) is 74.9 Å². The second-order valence-corrected chi connectivity index (χ2v) is 6.83. The van der Waals surface area contributed by atoms with Crippen LogP contribution in [0.5, 0.6) is 0 Å². The molecule has 0 saturated heterocycles. The molecule has 0 amide bonds. The van der Waals surface area contributed by atoms with E-state index in [1.807, 2.05) is 0 Å². The minimum Gasteiger partial charge on any atom is -0.0836 e. The SMILES string of the molecule is CC(C)c1ccc(C(Br)C(C)C)c(C(C)C)c1. The summed E-state index contributed by atoms with van der Waals surface area (Å²) in [6.45, 7) is 13.6.